The lowest BCUT2D eigenvalue weighted by Gasteiger charge is -2.28. The molecule has 9 N–H and O–H groups in total. The van der Waals surface area contributed by atoms with Gasteiger partial charge in [0, 0.05) is 30.1 Å². The van der Waals surface area contributed by atoms with Crippen molar-refractivity contribution in [1.82, 2.24) is 36.5 Å². The molecule has 252 valence electrons. The highest BCUT2D eigenvalue weighted by Gasteiger charge is 2.36. The molecule has 17 nitrogen and oxygen atoms in total. The van der Waals surface area contributed by atoms with Crippen LogP contribution in [0.3, 0.4) is 0 Å². The molecule has 5 atom stereocenters. The molecule has 0 radical (unpaired) electrons. The van der Waals surface area contributed by atoms with Gasteiger partial charge in [-0.25, -0.2) is 4.79 Å². The molecule has 3 heterocycles. The lowest BCUT2D eigenvalue weighted by Crippen LogP contribution is -2.57. The molecule has 1 aromatic heterocycles. The molecular formula is C30H37N7O10. The number of aromatic amines is 1. The average molecular weight is 656 g/mol. The van der Waals surface area contributed by atoms with Crippen LogP contribution in [-0.2, 0) is 40.0 Å². The number of carbonyl (C=O) groups excluding carboxylic acids is 5. The van der Waals surface area contributed by atoms with E-state index in [4.69, 9.17) is 0 Å². The molecule has 0 bridgehead atoms. The first kappa shape index (κ1) is 34.6. The number of carboxylic acid groups (broad SMARTS) is 2. The molecule has 2 aromatic rings. The predicted octanol–water partition coefficient (Wildman–Crippen LogP) is -2.65. The number of nitrogens with one attached hydrogen (secondary N) is 6. The van der Waals surface area contributed by atoms with Gasteiger partial charge in [-0.1, -0.05) is 30.4 Å². The molecule has 0 aliphatic carbocycles. The fourth-order valence-electron chi connectivity index (χ4n) is 5.44. The van der Waals surface area contributed by atoms with Gasteiger partial charge < -0.3 is 51.8 Å². The number of carboxylic acids is 2. The van der Waals surface area contributed by atoms with Gasteiger partial charge in [-0.05, 0) is 31.0 Å². The van der Waals surface area contributed by atoms with Crippen molar-refractivity contribution < 1.29 is 48.9 Å². The lowest BCUT2D eigenvalue weighted by molar-refractivity contribution is -0.143. The van der Waals surface area contributed by atoms with Gasteiger partial charge in [-0.15, -0.1) is 0 Å². The number of aliphatic hydroxyl groups excluding tert-OH is 1. The zero-order valence-electron chi connectivity index (χ0n) is 25.2. The molecular weight excluding hydrogens is 618 g/mol. The van der Waals surface area contributed by atoms with Gasteiger partial charge in [0.15, 0.2) is 0 Å². The van der Waals surface area contributed by atoms with E-state index >= 15 is 0 Å². The molecule has 5 amide bonds. The van der Waals surface area contributed by atoms with E-state index in [1.54, 1.807) is 30.5 Å². The van der Waals surface area contributed by atoms with Crippen LogP contribution in [0.25, 0.3) is 10.9 Å². The summed E-state index contributed by atoms with van der Waals surface area (Å²) in [6.07, 6.45) is 4.91. The normalized spacial score (nSPS) is 19.0. The van der Waals surface area contributed by atoms with Gasteiger partial charge in [0.1, 0.15) is 24.2 Å². The van der Waals surface area contributed by atoms with E-state index in [9.17, 15) is 48.9 Å². The number of nitrogens with zero attached hydrogens (tertiary/aromatic N) is 1. The predicted molar refractivity (Wildman–Crippen MR) is 163 cm³/mol. The molecule has 2 aliphatic heterocycles. The topological polar surface area (TPSA) is 259 Å². The van der Waals surface area contributed by atoms with Crippen molar-refractivity contribution >= 4 is 52.4 Å². The Balaban J connectivity index is 1.32. The highest BCUT2D eigenvalue weighted by Crippen LogP contribution is 2.19. The highest BCUT2D eigenvalue weighted by atomic mass is 16.4. The fraction of sp³-hybridized carbons (Fsp3) is 0.433. The Kier molecular flexibility index (Phi) is 11.6. The van der Waals surface area contributed by atoms with Gasteiger partial charge in [0.25, 0.3) is 0 Å². The van der Waals surface area contributed by atoms with Gasteiger partial charge in [0.05, 0.1) is 25.6 Å². The summed E-state index contributed by atoms with van der Waals surface area (Å²) >= 11 is 0. The standard InChI is InChI=1S/C30H37N7O10/c38-15-22(36-26(42)19-7-3-9-31-19)29(45)37-10-4-8-23(37)28(44)33-14-24(39)34-20(12-25(40)41)27(43)35-21(30(46)47)11-16-13-32-18-6-2-1-5-17(16)18/h1-2,4-6,8,13,19-23,31-32,38H,3,7,9-12,14-15H2,(H,33,44)(H,34,39)(H,35,43)(H,36,42)(H,40,41)(H,46,47)/t19-,20-,21-,22-,23-/m0/s1. The third-order valence-electron chi connectivity index (χ3n) is 7.85. The summed E-state index contributed by atoms with van der Waals surface area (Å²) in [6, 6.07) is 1.04. The lowest BCUT2D eigenvalue weighted by atomic mass is 10.0. The summed E-state index contributed by atoms with van der Waals surface area (Å²) in [6.45, 7) is -0.763. The Morgan fingerprint density at radius 2 is 1.72 bits per heavy atom. The molecule has 0 saturated carbocycles. The van der Waals surface area contributed by atoms with Crippen molar-refractivity contribution in [2.45, 2.75) is 55.9 Å². The summed E-state index contributed by atoms with van der Waals surface area (Å²) < 4.78 is 0. The minimum atomic E-state index is -1.67. The SMILES string of the molecule is O=C(O)C[C@H](NC(=O)CNC(=O)[C@@H]1C=CCN1C(=O)[C@H](CO)NC(=O)[C@@H]1CCCN1)C(=O)N[C@@H](Cc1c[nH]c2ccccc12)C(=O)O. The van der Waals surface area contributed by atoms with E-state index in [0.29, 0.717) is 18.5 Å². The van der Waals surface area contributed by atoms with Crippen molar-refractivity contribution in [1.29, 1.82) is 0 Å². The molecule has 17 heteroatoms. The van der Waals surface area contributed by atoms with Crippen molar-refractivity contribution in [2.24, 2.45) is 0 Å². The van der Waals surface area contributed by atoms with Gasteiger partial charge in [-0.2, -0.15) is 0 Å². The van der Waals surface area contributed by atoms with Crippen molar-refractivity contribution in [3.63, 3.8) is 0 Å². The summed E-state index contributed by atoms with van der Waals surface area (Å²) in [5.41, 5.74) is 1.36. The van der Waals surface area contributed by atoms with Gasteiger partial charge in [0.2, 0.25) is 29.5 Å². The number of amides is 5. The minimum absolute atomic E-state index is 0.00131. The average Bonchev–Trinajstić information content (AvgIpc) is 3.83. The first-order valence-corrected chi connectivity index (χ1v) is 15.0. The second kappa shape index (κ2) is 15.8. The van der Waals surface area contributed by atoms with Crippen LogP contribution in [0.15, 0.2) is 42.6 Å². The number of hydrogen-bond acceptors (Lipinski definition) is 9. The van der Waals surface area contributed by atoms with Crippen molar-refractivity contribution in [3.05, 3.63) is 48.2 Å². The van der Waals surface area contributed by atoms with Crippen LogP contribution in [-0.4, -0.2) is 123 Å². The Morgan fingerprint density at radius 1 is 0.957 bits per heavy atom. The maximum Gasteiger partial charge on any atom is 0.326 e. The Morgan fingerprint density at radius 3 is 2.40 bits per heavy atom. The largest absolute Gasteiger partial charge is 0.481 e. The van der Waals surface area contributed by atoms with Crippen LogP contribution in [0.5, 0.6) is 0 Å². The zero-order chi connectivity index (χ0) is 34.1. The van der Waals surface area contributed by atoms with Crippen molar-refractivity contribution in [3.8, 4) is 0 Å². The molecule has 0 spiro atoms. The molecule has 0 unspecified atom stereocenters. The number of aromatic nitrogens is 1. The Labute approximate surface area is 268 Å². The maximum atomic E-state index is 13.1. The second-order valence-corrected chi connectivity index (χ2v) is 11.2. The van der Waals surface area contributed by atoms with Crippen LogP contribution in [0.1, 0.15) is 24.8 Å². The zero-order valence-corrected chi connectivity index (χ0v) is 25.2. The van der Waals surface area contributed by atoms with Crippen LogP contribution in [0.4, 0.5) is 0 Å². The van der Waals surface area contributed by atoms with Crippen LogP contribution in [0, 0.1) is 0 Å². The number of carbonyl (C=O) groups is 7. The Bertz CT molecular complexity index is 1550. The fourth-order valence-corrected chi connectivity index (χ4v) is 5.44. The van der Waals surface area contributed by atoms with E-state index in [1.165, 1.54) is 12.2 Å². The molecule has 4 rings (SSSR count). The van der Waals surface area contributed by atoms with Crippen molar-refractivity contribution in [2.75, 3.05) is 26.2 Å². The van der Waals surface area contributed by atoms with Crippen LogP contribution in [0.2, 0.25) is 0 Å². The Hall–Kier alpha value is -5.29. The number of benzene rings is 1. The monoisotopic (exact) mass is 655 g/mol. The molecule has 1 saturated heterocycles. The number of rotatable bonds is 15. The quantitative estimate of drug-likeness (QED) is 0.0896. The second-order valence-electron chi connectivity index (χ2n) is 11.2. The number of aliphatic hydroxyl groups is 1. The number of hydrogen-bond donors (Lipinski definition) is 9. The number of fused-ring (bicyclic) bond motifs is 1. The summed E-state index contributed by atoms with van der Waals surface area (Å²) in [5.74, 6) is -6.78. The summed E-state index contributed by atoms with van der Waals surface area (Å²) in [5, 5.41) is 41.9. The van der Waals surface area contributed by atoms with E-state index in [2.05, 4.69) is 31.6 Å². The third-order valence-corrected chi connectivity index (χ3v) is 7.85. The first-order chi connectivity index (χ1) is 22.5. The first-order valence-electron chi connectivity index (χ1n) is 15.0. The summed E-state index contributed by atoms with van der Waals surface area (Å²) in [4.78, 5) is 91.7. The molecule has 2 aliphatic rings. The van der Waals surface area contributed by atoms with Gasteiger partial charge in [-0.3, -0.25) is 28.8 Å². The van der Waals surface area contributed by atoms with E-state index in [1.807, 2.05) is 0 Å². The number of aliphatic carboxylic acids is 2. The van der Waals surface area contributed by atoms with Crippen LogP contribution < -0.4 is 26.6 Å². The smallest absolute Gasteiger partial charge is 0.326 e. The number of para-hydroxylation sites is 1. The van der Waals surface area contributed by atoms with E-state index in [0.717, 1.165) is 22.2 Å². The number of H-pyrrole nitrogens is 1. The van der Waals surface area contributed by atoms with E-state index < -0.39 is 91.3 Å². The molecule has 1 aromatic carbocycles. The highest BCUT2D eigenvalue weighted by molar-refractivity contribution is 5.97. The minimum Gasteiger partial charge on any atom is -0.481 e. The maximum absolute atomic E-state index is 13.1. The summed E-state index contributed by atoms with van der Waals surface area (Å²) in [7, 11) is 0. The third kappa shape index (κ3) is 8.92. The molecule has 47 heavy (non-hydrogen) atoms. The van der Waals surface area contributed by atoms with Crippen LogP contribution >= 0.6 is 0 Å². The molecule has 1 fully saturated rings. The van der Waals surface area contributed by atoms with E-state index in [-0.39, 0.29) is 13.0 Å². The van der Waals surface area contributed by atoms with Gasteiger partial charge >= 0.3 is 11.9 Å².